The van der Waals surface area contributed by atoms with Crippen molar-refractivity contribution in [3.05, 3.63) is 48.2 Å². The van der Waals surface area contributed by atoms with E-state index in [1.807, 2.05) is 30.3 Å². The number of hydrogen-bond donors (Lipinski definition) is 1. The number of nitrogens with one attached hydrogen (secondary N) is 1. The minimum absolute atomic E-state index is 0.155. The Balaban J connectivity index is 1.77. The SMILES string of the molecule is CCN(CC)CCNC(=O)c1cc2c(ccc3ccccc32)o1. The van der Waals surface area contributed by atoms with E-state index >= 15 is 0 Å². The summed E-state index contributed by atoms with van der Waals surface area (Å²) in [5.74, 6) is 0.216. The van der Waals surface area contributed by atoms with Gasteiger partial charge >= 0.3 is 0 Å². The van der Waals surface area contributed by atoms with Crippen LogP contribution in [0.25, 0.3) is 21.7 Å². The highest BCUT2D eigenvalue weighted by molar-refractivity contribution is 6.08. The summed E-state index contributed by atoms with van der Waals surface area (Å²) >= 11 is 0. The summed E-state index contributed by atoms with van der Waals surface area (Å²) in [4.78, 5) is 14.6. The topological polar surface area (TPSA) is 45.5 Å². The fourth-order valence-electron chi connectivity index (χ4n) is 2.86. The number of rotatable bonds is 6. The van der Waals surface area contributed by atoms with E-state index in [9.17, 15) is 4.79 Å². The van der Waals surface area contributed by atoms with E-state index in [1.165, 1.54) is 0 Å². The number of furan rings is 1. The molecule has 3 aromatic rings. The van der Waals surface area contributed by atoms with Crippen LogP contribution < -0.4 is 5.32 Å². The molecule has 0 saturated carbocycles. The molecule has 4 nitrogen and oxygen atoms in total. The summed E-state index contributed by atoms with van der Waals surface area (Å²) in [5.41, 5.74) is 0.748. The molecule has 4 heteroatoms. The van der Waals surface area contributed by atoms with E-state index in [0.29, 0.717) is 12.3 Å². The van der Waals surface area contributed by atoms with Crippen molar-refractivity contribution in [3.63, 3.8) is 0 Å². The van der Waals surface area contributed by atoms with Crippen LogP contribution in [0.2, 0.25) is 0 Å². The molecule has 0 fully saturated rings. The maximum atomic E-state index is 12.3. The van der Waals surface area contributed by atoms with Crippen molar-refractivity contribution >= 4 is 27.6 Å². The predicted octanol–water partition coefficient (Wildman–Crippen LogP) is 3.66. The molecule has 0 aliphatic rings. The quantitative estimate of drug-likeness (QED) is 0.756. The first-order valence-electron chi connectivity index (χ1n) is 8.14. The van der Waals surface area contributed by atoms with Gasteiger partial charge in [-0.25, -0.2) is 0 Å². The Hall–Kier alpha value is -2.33. The molecule has 0 bridgehead atoms. The average Bonchev–Trinajstić information content (AvgIpc) is 3.03. The summed E-state index contributed by atoms with van der Waals surface area (Å²) in [6, 6.07) is 13.9. The third kappa shape index (κ3) is 3.22. The third-order valence-corrected chi connectivity index (χ3v) is 4.26. The van der Waals surface area contributed by atoms with Gasteiger partial charge in [0.2, 0.25) is 0 Å². The highest BCUT2D eigenvalue weighted by Crippen LogP contribution is 2.27. The van der Waals surface area contributed by atoms with Crippen LogP contribution in [-0.2, 0) is 0 Å². The van der Waals surface area contributed by atoms with Crippen molar-refractivity contribution < 1.29 is 9.21 Å². The highest BCUT2D eigenvalue weighted by atomic mass is 16.3. The number of benzene rings is 2. The normalized spacial score (nSPS) is 11.4. The van der Waals surface area contributed by atoms with Crippen molar-refractivity contribution in [1.82, 2.24) is 10.2 Å². The number of likely N-dealkylation sites (N-methyl/N-ethyl adjacent to an activating group) is 1. The van der Waals surface area contributed by atoms with Gasteiger partial charge in [0.25, 0.3) is 5.91 Å². The Morgan fingerprint density at radius 2 is 1.87 bits per heavy atom. The van der Waals surface area contributed by atoms with Gasteiger partial charge < -0.3 is 14.6 Å². The lowest BCUT2D eigenvalue weighted by atomic mass is 10.1. The summed E-state index contributed by atoms with van der Waals surface area (Å²) < 4.78 is 5.72. The zero-order chi connectivity index (χ0) is 16.2. The van der Waals surface area contributed by atoms with Gasteiger partial charge in [-0.05, 0) is 36.0 Å². The summed E-state index contributed by atoms with van der Waals surface area (Å²) in [6.45, 7) is 7.69. The molecule has 3 rings (SSSR count). The number of fused-ring (bicyclic) bond motifs is 3. The Labute approximate surface area is 136 Å². The van der Waals surface area contributed by atoms with Crippen LogP contribution in [0.4, 0.5) is 0 Å². The molecule has 1 aromatic heterocycles. The van der Waals surface area contributed by atoms with Crippen molar-refractivity contribution in [3.8, 4) is 0 Å². The Morgan fingerprint density at radius 1 is 1.09 bits per heavy atom. The van der Waals surface area contributed by atoms with E-state index in [0.717, 1.165) is 41.4 Å². The standard InChI is InChI=1S/C19H22N2O2/c1-3-21(4-2)12-11-20-19(22)18-13-16-15-8-6-5-7-14(15)9-10-17(16)23-18/h5-10,13H,3-4,11-12H2,1-2H3,(H,20,22). The second-order valence-corrected chi connectivity index (χ2v) is 5.59. The Kier molecular flexibility index (Phi) is 4.63. The van der Waals surface area contributed by atoms with Crippen molar-refractivity contribution in [2.45, 2.75) is 13.8 Å². The maximum absolute atomic E-state index is 12.3. The van der Waals surface area contributed by atoms with Gasteiger partial charge in [0.15, 0.2) is 5.76 Å². The third-order valence-electron chi connectivity index (χ3n) is 4.26. The van der Waals surface area contributed by atoms with Crippen molar-refractivity contribution in [1.29, 1.82) is 0 Å². The maximum Gasteiger partial charge on any atom is 0.287 e. The fourth-order valence-corrected chi connectivity index (χ4v) is 2.86. The van der Waals surface area contributed by atoms with Gasteiger partial charge in [0.05, 0.1) is 0 Å². The molecule has 2 aromatic carbocycles. The first-order chi connectivity index (χ1) is 11.2. The largest absolute Gasteiger partial charge is 0.451 e. The average molecular weight is 310 g/mol. The molecule has 0 unspecified atom stereocenters. The zero-order valence-corrected chi connectivity index (χ0v) is 13.6. The van der Waals surface area contributed by atoms with Gasteiger partial charge in [-0.1, -0.05) is 44.2 Å². The van der Waals surface area contributed by atoms with Crippen LogP contribution in [0, 0.1) is 0 Å². The van der Waals surface area contributed by atoms with Gasteiger partial charge in [0.1, 0.15) is 5.58 Å². The lowest BCUT2D eigenvalue weighted by Crippen LogP contribution is -2.34. The first kappa shape index (κ1) is 15.6. The molecular weight excluding hydrogens is 288 g/mol. The van der Waals surface area contributed by atoms with Gasteiger partial charge in [-0.15, -0.1) is 0 Å². The van der Waals surface area contributed by atoms with Crippen LogP contribution in [0.1, 0.15) is 24.4 Å². The molecule has 1 amide bonds. The van der Waals surface area contributed by atoms with Gasteiger partial charge in [-0.2, -0.15) is 0 Å². The number of carbonyl (C=O) groups is 1. The number of hydrogen-bond acceptors (Lipinski definition) is 3. The molecule has 0 aliphatic carbocycles. The second kappa shape index (κ2) is 6.84. The van der Waals surface area contributed by atoms with E-state index in [4.69, 9.17) is 4.42 Å². The van der Waals surface area contributed by atoms with Crippen LogP contribution >= 0.6 is 0 Å². The Morgan fingerprint density at radius 3 is 2.65 bits per heavy atom. The molecule has 0 saturated heterocycles. The molecule has 0 radical (unpaired) electrons. The van der Waals surface area contributed by atoms with Crippen molar-refractivity contribution in [2.24, 2.45) is 0 Å². The first-order valence-corrected chi connectivity index (χ1v) is 8.14. The van der Waals surface area contributed by atoms with E-state index in [2.05, 4.69) is 36.2 Å². The van der Waals surface area contributed by atoms with E-state index in [1.54, 1.807) is 0 Å². The number of carbonyl (C=O) groups excluding carboxylic acids is 1. The van der Waals surface area contributed by atoms with Crippen LogP contribution in [0.15, 0.2) is 46.9 Å². The van der Waals surface area contributed by atoms with E-state index < -0.39 is 0 Å². The minimum atomic E-state index is -0.155. The summed E-state index contributed by atoms with van der Waals surface area (Å²) in [7, 11) is 0. The number of nitrogens with zero attached hydrogens (tertiary/aromatic N) is 1. The molecule has 0 atom stereocenters. The summed E-state index contributed by atoms with van der Waals surface area (Å²) in [5, 5.41) is 6.17. The van der Waals surface area contributed by atoms with Crippen LogP contribution in [-0.4, -0.2) is 37.0 Å². The molecule has 120 valence electrons. The predicted molar refractivity (Wildman–Crippen MR) is 93.8 cm³/mol. The van der Waals surface area contributed by atoms with Crippen LogP contribution in [0.3, 0.4) is 0 Å². The van der Waals surface area contributed by atoms with Crippen LogP contribution in [0.5, 0.6) is 0 Å². The lowest BCUT2D eigenvalue weighted by molar-refractivity contribution is 0.0923. The molecule has 1 heterocycles. The monoisotopic (exact) mass is 310 g/mol. The smallest absolute Gasteiger partial charge is 0.287 e. The number of amides is 1. The Bertz CT molecular complexity index is 818. The fraction of sp³-hybridized carbons (Fsp3) is 0.316. The molecule has 0 spiro atoms. The van der Waals surface area contributed by atoms with Gasteiger partial charge in [-0.3, -0.25) is 4.79 Å². The lowest BCUT2D eigenvalue weighted by Gasteiger charge is -2.17. The highest BCUT2D eigenvalue weighted by Gasteiger charge is 2.13. The van der Waals surface area contributed by atoms with E-state index in [-0.39, 0.29) is 5.91 Å². The minimum Gasteiger partial charge on any atom is -0.451 e. The zero-order valence-electron chi connectivity index (χ0n) is 13.6. The summed E-state index contributed by atoms with van der Waals surface area (Å²) in [6.07, 6.45) is 0. The second-order valence-electron chi connectivity index (χ2n) is 5.59. The molecular formula is C19H22N2O2. The van der Waals surface area contributed by atoms with Crippen molar-refractivity contribution in [2.75, 3.05) is 26.2 Å². The molecule has 1 N–H and O–H groups in total. The molecule has 23 heavy (non-hydrogen) atoms. The van der Waals surface area contributed by atoms with Gasteiger partial charge in [0, 0.05) is 18.5 Å². The molecule has 0 aliphatic heterocycles.